The van der Waals surface area contributed by atoms with Crippen molar-refractivity contribution in [2.75, 3.05) is 35.0 Å². The SMILES string of the molecule is CO[C@@H]1[C@@H](O)[C@H](O[C@@H]2[C@@H](C)O[C@@H](O[C@H]3[C@@H](OC)C[C@H](O[C@H]4[C@@H](OC)C[C@H](O[C@H]5CC[C@@]6(C)C(=CC[C@]7(O)[C@@H]6C[C@@H](O)[C@@]6(C)[C@]7(O)CC[C@@]6(O)[C@@H](C)O)C5)O[C@@H]4C)O[C@@H]3C)C[C@H]2OC)O[C@H](C)[C@H]1O[C@@H]1O[C@H](CO)[C@@H](O)[C@H](O)[C@H]1O. The summed E-state index contributed by atoms with van der Waals surface area (Å²) in [6.07, 6.45) is -17.7. The molecule has 456 valence electrons. The van der Waals surface area contributed by atoms with E-state index in [0.29, 0.717) is 32.1 Å². The average molecular weight is 1140 g/mol. The topological polar surface area (TPSA) is 332 Å². The van der Waals surface area contributed by atoms with E-state index in [-0.39, 0.29) is 38.2 Å². The van der Waals surface area contributed by atoms with Crippen molar-refractivity contribution in [2.45, 2.75) is 283 Å². The molecule has 5 aliphatic heterocycles. The van der Waals surface area contributed by atoms with E-state index < -0.39 is 188 Å². The number of hydrogen-bond donors (Lipinski definition) is 10. The Morgan fingerprint density at radius 2 is 1.09 bits per heavy atom. The van der Waals surface area contributed by atoms with Crippen molar-refractivity contribution >= 4 is 0 Å². The number of aliphatic hydroxyl groups is 10. The molecular weight excluding hydrogens is 1040 g/mol. The first-order valence-corrected chi connectivity index (χ1v) is 28.5. The van der Waals surface area contributed by atoms with Gasteiger partial charge in [0, 0.05) is 53.6 Å². The van der Waals surface area contributed by atoms with Gasteiger partial charge in [-0.1, -0.05) is 25.5 Å². The summed E-state index contributed by atoms with van der Waals surface area (Å²) in [4.78, 5) is 0. The van der Waals surface area contributed by atoms with E-state index in [4.69, 9.17) is 66.3 Å². The van der Waals surface area contributed by atoms with Gasteiger partial charge in [-0.3, -0.25) is 0 Å². The Bertz CT molecular complexity index is 2070. The normalized spacial score (nSPS) is 54.5. The Morgan fingerprint density at radius 3 is 1.61 bits per heavy atom. The molecule has 31 atom stereocenters. The third-order valence-electron chi connectivity index (χ3n) is 20.5. The largest absolute Gasteiger partial charge is 0.394 e. The van der Waals surface area contributed by atoms with E-state index in [1.165, 1.54) is 21.1 Å². The van der Waals surface area contributed by atoms with Gasteiger partial charge in [0.15, 0.2) is 31.5 Å². The van der Waals surface area contributed by atoms with Crippen LogP contribution in [0.25, 0.3) is 0 Å². The second-order valence-corrected chi connectivity index (χ2v) is 24.6. The van der Waals surface area contributed by atoms with E-state index in [1.807, 2.05) is 19.9 Å². The molecule has 0 unspecified atom stereocenters. The molecule has 0 radical (unpaired) electrons. The van der Waals surface area contributed by atoms with E-state index in [0.717, 1.165) is 5.57 Å². The Morgan fingerprint density at radius 1 is 0.582 bits per heavy atom. The van der Waals surface area contributed by atoms with Crippen LogP contribution in [0, 0.1) is 16.7 Å². The summed E-state index contributed by atoms with van der Waals surface area (Å²) in [5.41, 5.74) is -6.24. The minimum atomic E-state index is -1.83. The smallest absolute Gasteiger partial charge is 0.187 e. The van der Waals surface area contributed by atoms with Gasteiger partial charge in [0.05, 0.1) is 73.1 Å². The predicted molar refractivity (Wildman–Crippen MR) is 271 cm³/mol. The van der Waals surface area contributed by atoms with Gasteiger partial charge in [-0.2, -0.15) is 0 Å². The molecule has 0 aromatic rings. The lowest BCUT2D eigenvalue weighted by atomic mass is 9.42. The van der Waals surface area contributed by atoms with Gasteiger partial charge >= 0.3 is 0 Å². The minimum Gasteiger partial charge on any atom is -0.394 e. The van der Waals surface area contributed by atoms with Crippen LogP contribution in [0.4, 0.5) is 0 Å². The van der Waals surface area contributed by atoms with Crippen molar-refractivity contribution in [1.82, 2.24) is 0 Å². The molecule has 9 aliphatic rings. The third kappa shape index (κ3) is 10.7. The molecular formula is C55H92O24. The van der Waals surface area contributed by atoms with Gasteiger partial charge in [0.25, 0.3) is 0 Å². The highest BCUT2D eigenvalue weighted by Gasteiger charge is 2.80. The van der Waals surface area contributed by atoms with Crippen LogP contribution in [0.5, 0.6) is 0 Å². The highest BCUT2D eigenvalue weighted by molar-refractivity contribution is 5.36. The number of methoxy groups -OCH3 is 4. The monoisotopic (exact) mass is 1140 g/mol. The van der Waals surface area contributed by atoms with E-state index in [2.05, 4.69) is 6.92 Å². The van der Waals surface area contributed by atoms with Crippen LogP contribution in [0.3, 0.4) is 0 Å². The van der Waals surface area contributed by atoms with E-state index in [9.17, 15) is 51.1 Å². The maximum Gasteiger partial charge on any atom is 0.187 e. The average Bonchev–Trinajstić information content (AvgIpc) is 3.28. The molecule has 5 heterocycles. The molecule has 79 heavy (non-hydrogen) atoms. The summed E-state index contributed by atoms with van der Waals surface area (Å²) >= 11 is 0. The molecule has 0 aromatic heterocycles. The van der Waals surface area contributed by atoms with Gasteiger partial charge < -0.3 is 117 Å². The molecule has 8 fully saturated rings. The van der Waals surface area contributed by atoms with Crippen LogP contribution in [0.15, 0.2) is 11.6 Å². The lowest BCUT2D eigenvalue weighted by Crippen LogP contribution is -2.78. The van der Waals surface area contributed by atoms with Crippen molar-refractivity contribution < 1.29 is 117 Å². The second kappa shape index (κ2) is 23.9. The second-order valence-electron chi connectivity index (χ2n) is 24.6. The van der Waals surface area contributed by atoms with Crippen molar-refractivity contribution in [2.24, 2.45) is 16.7 Å². The lowest BCUT2D eigenvalue weighted by Gasteiger charge is -2.67. The first-order valence-electron chi connectivity index (χ1n) is 28.5. The minimum absolute atomic E-state index is 0.0497. The summed E-state index contributed by atoms with van der Waals surface area (Å²) < 4.78 is 87.0. The van der Waals surface area contributed by atoms with E-state index >= 15 is 0 Å². The molecule has 9 rings (SSSR count). The maximum atomic E-state index is 12.6. The van der Waals surface area contributed by atoms with Gasteiger partial charge in [0.2, 0.25) is 0 Å². The zero-order valence-corrected chi connectivity index (χ0v) is 47.6. The molecule has 5 saturated heterocycles. The summed E-state index contributed by atoms with van der Waals surface area (Å²) in [6.45, 7) is 11.8. The van der Waals surface area contributed by atoms with E-state index in [1.54, 1.807) is 35.0 Å². The third-order valence-corrected chi connectivity index (χ3v) is 20.5. The first-order chi connectivity index (χ1) is 37.3. The zero-order chi connectivity index (χ0) is 57.5. The molecule has 0 spiro atoms. The van der Waals surface area contributed by atoms with Gasteiger partial charge in [0.1, 0.15) is 77.8 Å². The highest BCUT2D eigenvalue weighted by Crippen LogP contribution is 2.71. The van der Waals surface area contributed by atoms with Crippen LogP contribution >= 0.6 is 0 Å². The standard InChI is InChI=1S/C55H92O24/c1-24-44(31(66-8)19-37(70-24)74-30-13-14-51(6)29(18-30)12-15-54(64)35(51)22-36(58)52(7)53(63,28(5)57)16-17-55(52,54)65)76-38-20-32(67-9)45(25(2)71-38)77-39-21-33(68-10)46(26(3)72-39)78-50-43(62)48(69-11)47(27(4)73-50)79-49-42(61)41(60)40(59)34(23-56)75-49/h12,24-28,30-50,56-65H,13-23H2,1-11H3/t24-,25-,26-,27-,28-,30+,31+,32+,33-,34-,35-,36-,37+,38+,39+,40-,41+,42-,43-,44-,45-,46-,47-,48-,49+,50+,51+,52-,53-,54+,55-/m1/s1. The Labute approximate surface area is 462 Å². The Kier molecular flexibility index (Phi) is 18.9. The number of hydrogen-bond acceptors (Lipinski definition) is 24. The van der Waals surface area contributed by atoms with Crippen LogP contribution in [-0.4, -0.2) is 256 Å². The summed E-state index contributed by atoms with van der Waals surface area (Å²) in [5, 5.41) is 112. The highest BCUT2D eigenvalue weighted by atomic mass is 16.8. The van der Waals surface area contributed by atoms with Crippen LogP contribution in [-0.2, 0) is 66.3 Å². The predicted octanol–water partition coefficient (Wildman–Crippen LogP) is -0.442. The number of rotatable bonds is 16. The summed E-state index contributed by atoms with van der Waals surface area (Å²) in [7, 11) is 6.12. The number of fused-ring (bicyclic) bond motifs is 5. The Balaban J connectivity index is 0.765. The van der Waals surface area contributed by atoms with Crippen molar-refractivity contribution in [3.05, 3.63) is 11.6 Å². The summed E-state index contributed by atoms with van der Waals surface area (Å²) in [5.74, 6) is -0.494. The molecule has 24 heteroatoms. The van der Waals surface area contributed by atoms with Gasteiger partial charge in [-0.25, -0.2) is 0 Å². The fraction of sp³-hybridized carbons (Fsp3) is 0.964. The van der Waals surface area contributed by atoms with Crippen LogP contribution < -0.4 is 0 Å². The molecule has 0 amide bonds. The summed E-state index contributed by atoms with van der Waals surface area (Å²) in [6, 6.07) is 0. The number of ether oxygens (including phenoxy) is 14. The first kappa shape index (κ1) is 62.3. The lowest BCUT2D eigenvalue weighted by molar-refractivity contribution is -0.374. The van der Waals surface area contributed by atoms with Crippen LogP contribution in [0.1, 0.15) is 113 Å². The van der Waals surface area contributed by atoms with Crippen LogP contribution in [0.2, 0.25) is 0 Å². The molecule has 0 bridgehead atoms. The molecule has 10 N–H and O–H groups in total. The van der Waals surface area contributed by atoms with Crippen molar-refractivity contribution in [3.8, 4) is 0 Å². The quantitative estimate of drug-likeness (QED) is 0.0876. The molecule has 0 aromatic carbocycles. The van der Waals surface area contributed by atoms with Crippen molar-refractivity contribution in [3.63, 3.8) is 0 Å². The Hall–Kier alpha value is -1.22. The fourth-order valence-electron chi connectivity index (χ4n) is 15.6. The molecule has 24 nitrogen and oxygen atoms in total. The van der Waals surface area contributed by atoms with Crippen molar-refractivity contribution in [1.29, 1.82) is 0 Å². The number of aliphatic hydroxyl groups excluding tert-OH is 7. The van der Waals surface area contributed by atoms with Gasteiger partial charge in [-0.05, 0) is 85.0 Å². The van der Waals surface area contributed by atoms with Gasteiger partial charge in [-0.15, -0.1) is 0 Å². The maximum absolute atomic E-state index is 12.6. The molecule has 4 aliphatic carbocycles. The fourth-order valence-corrected chi connectivity index (χ4v) is 15.6. The zero-order valence-electron chi connectivity index (χ0n) is 47.6. The molecule has 3 saturated carbocycles.